The SMILES string of the molecule is CC1CC(CN2CC[C@@H]3[C@@H](C)C(=O)C(C#N)=C[C@@]3(P)C2=O)=CC=N1. The summed E-state index contributed by atoms with van der Waals surface area (Å²) in [5, 5.41) is 8.39. The lowest BCUT2D eigenvalue weighted by Gasteiger charge is -2.47. The van der Waals surface area contributed by atoms with Crippen LogP contribution in [0.1, 0.15) is 26.7 Å². The number of nitrogens with zero attached hydrogens (tertiary/aromatic N) is 3. The summed E-state index contributed by atoms with van der Waals surface area (Å²) in [7, 11) is 2.64. The van der Waals surface area contributed by atoms with Crippen LogP contribution in [0, 0.1) is 23.2 Å². The second-order valence-electron chi connectivity index (χ2n) is 7.05. The Morgan fingerprint density at radius 3 is 2.88 bits per heavy atom. The fourth-order valence-corrected chi connectivity index (χ4v) is 4.84. The van der Waals surface area contributed by atoms with E-state index in [0.717, 1.165) is 12.8 Å². The van der Waals surface area contributed by atoms with Crippen molar-refractivity contribution in [3.05, 3.63) is 23.3 Å². The van der Waals surface area contributed by atoms with Crippen LogP contribution in [0.3, 0.4) is 0 Å². The molecule has 126 valence electrons. The van der Waals surface area contributed by atoms with Crippen LogP contribution in [-0.4, -0.2) is 47.1 Å². The van der Waals surface area contributed by atoms with Gasteiger partial charge >= 0.3 is 0 Å². The van der Waals surface area contributed by atoms with Crippen LogP contribution in [0.5, 0.6) is 0 Å². The van der Waals surface area contributed by atoms with Gasteiger partial charge in [0.25, 0.3) is 0 Å². The molecule has 0 radical (unpaired) electrons. The van der Waals surface area contributed by atoms with E-state index < -0.39 is 5.16 Å². The van der Waals surface area contributed by atoms with Gasteiger partial charge in [0.2, 0.25) is 5.91 Å². The van der Waals surface area contributed by atoms with Gasteiger partial charge in [0.1, 0.15) is 6.07 Å². The molecule has 1 fully saturated rings. The number of Topliss-reactive ketones (excluding diaryl/α,β-unsaturated/α-hetero) is 1. The average molecular weight is 343 g/mol. The van der Waals surface area contributed by atoms with Crippen LogP contribution in [0.25, 0.3) is 0 Å². The molecule has 2 heterocycles. The van der Waals surface area contributed by atoms with Crippen molar-refractivity contribution in [3.63, 3.8) is 0 Å². The highest BCUT2D eigenvalue weighted by molar-refractivity contribution is 7.21. The van der Waals surface area contributed by atoms with Crippen molar-refractivity contribution >= 4 is 27.1 Å². The Bertz CT molecular complexity index is 718. The molecule has 0 bridgehead atoms. The number of aliphatic imine (C=N–C) groups is 1. The number of amides is 1. The van der Waals surface area contributed by atoms with E-state index >= 15 is 0 Å². The molecule has 0 aromatic heterocycles. The van der Waals surface area contributed by atoms with Crippen molar-refractivity contribution in [2.75, 3.05) is 13.1 Å². The number of rotatable bonds is 2. The first-order valence-corrected chi connectivity index (χ1v) is 8.91. The van der Waals surface area contributed by atoms with Crippen molar-refractivity contribution in [2.24, 2.45) is 16.8 Å². The molecule has 3 rings (SSSR count). The van der Waals surface area contributed by atoms with Crippen molar-refractivity contribution in [1.82, 2.24) is 4.90 Å². The molecule has 2 aliphatic heterocycles. The predicted molar refractivity (Wildman–Crippen MR) is 95.6 cm³/mol. The fourth-order valence-electron chi connectivity index (χ4n) is 4.03. The first-order chi connectivity index (χ1) is 11.4. The minimum Gasteiger partial charge on any atom is -0.338 e. The number of nitriles is 1. The predicted octanol–water partition coefficient (Wildman–Crippen LogP) is 1.91. The molecular formula is C18H22N3O2P. The Kier molecular flexibility index (Phi) is 4.44. The molecule has 5 atom stereocenters. The summed E-state index contributed by atoms with van der Waals surface area (Å²) in [5.41, 5.74) is 1.31. The third kappa shape index (κ3) is 2.74. The van der Waals surface area contributed by atoms with Crippen molar-refractivity contribution in [3.8, 4) is 6.07 Å². The summed E-state index contributed by atoms with van der Waals surface area (Å²) in [6, 6.07) is 2.21. The van der Waals surface area contributed by atoms with Gasteiger partial charge in [0.05, 0.1) is 16.8 Å². The topological polar surface area (TPSA) is 73.5 Å². The van der Waals surface area contributed by atoms with Gasteiger partial charge in [-0.2, -0.15) is 5.26 Å². The molecule has 0 saturated carbocycles. The Morgan fingerprint density at radius 2 is 2.21 bits per heavy atom. The highest BCUT2D eigenvalue weighted by Gasteiger charge is 2.52. The maximum absolute atomic E-state index is 13.1. The number of fused-ring (bicyclic) bond motifs is 1. The molecule has 0 aromatic rings. The number of carbonyl (C=O) groups is 2. The summed E-state index contributed by atoms with van der Waals surface area (Å²) in [5.74, 6) is -0.500. The zero-order chi connectivity index (χ0) is 17.5. The second-order valence-corrected chi connectivity index (χ2v) is 8.01. The number of piperidine rings is 1. The molecule has 0 N–H and O–H groups in total. The average Bonchev–Trinajstić information content (AvgIpc) is 2.55. The number of allylic oxidation sites excluding steroid dienone is 2. The summed E-state index contributed by atoms with van der Waals surface area (Å²) in [6.07, 6.45) is 7.01. The van der Waals surface area contributed by atoms with Gasteiger partial charge in [-0.3, -0.25) is 14.6 Å². The van der Waals surface area contributed by atoms with Crippen LogP contribution in [0.4, 0.5) is 0 Å². The van der Waals surface area contributed by atoms with Crippen LogP contribution in [-0.2, 0) is 9.59 Å². The van der Waals surface area contributed by atoms with E-state index in [1.54, 1.807) is 6.08 Å². The van der Waals surface area contributed by atoms with E-state index in [1.165, 1.54) is 5.57 Å². The third-order valence-electron chi connectivity index (χ3n) is 5.37. The van der Waals surface area contributed by atoms with E-state index in [0.29, 0.717) is 13.1 Å². The van der Waals surface area contributed by atoms with E-state index in [-0.39, 0.29) is 35.1 Å². The van der Waals surface area contributed by atoms with E-state index in [9.17, 15) is 14.9 Å². The first kappa shape index (κ1) is 17.0. The Labute approximate surface area is 144 Å². The minimum absolute atomic E-state index is 0.00749. The fraction of sp³-hybridized carbons (Fsp3) is 0.556. The van der Waals surface area contributed by atoms with Crippen LogP contribution in [0.15, 0.2) is 28.3 Å². The Hall–Kier alpha value is -1.79. The molecule has 0 spiro atoms. The Balaban J connectivity index is 1.87. The van der Waals surface area contributed by atoms with Gasteiger partial charge in [0.15, 0.2) is 5.78 Å². The molecule has 0 aromatic carbocycles. The smallest absolute Gasteiger partial charge is 0.237 e. The van der Waals surface area contributed by atoms with Crippen LogP contribution < -0.4 is 0 Å². The molecule has 3 aliphatic rings. The van der Waals surface area contributed by atoms with Gasteiger partial charge in [0, 0.05) is 25.2 Å². The molecule has 1 aliphatic carbocycles. The minimum atomic E-state index is -0.842. The van der Waals surface area contributed by atoms with Gasteiger partial charge in [-0.25, -0.2) is 0 Å². The maximum atomic E-state index is 13.1. The second kappa shape index (κ2) is 6.26. The van der Waals surface area contributed by atoms with E-state index in [4.69, 9.17) is 0 Å². The largest absolute Gasteiger partial charge is 0.338 e. The van der Waals surface area contributed by atoms with E-state index in [2.05, 4.69) is 21.2 Å². The summed E-state index contributed by atoms with van der Waals surface area (Å²) in [4.78, 5) is 31.6. The molecule has 2 unspecified atom stereocenters. The summed E-state index contributed by atoms with van der Waals surface area (Å²) < 4.78 is 0. The lowest BCUT2D eigenvalue weighted by molar-refractivity contribution is -0.139. The summed E-state index contributed by atoms with van der Waals surface area (Å²) >= 11 is 0. The molecule has 5 nitrogen and oxygen atoms in total. The lowest BCUT2D eigenvalue weighted by atomic mass is 9.68. The molecular weight excluding hydrogens is 321 g/mol. The highest BCUT2D eigenvalue weighted by Crippen LogP contribution is 2.46. The molecule has 1 amide bonds. The Morgan fingerprint density at radius 1 is 1.46 bits per heavy atom. The van der Waals surface area contributed by atoms with Gasteiger partial charge in [-0.05, 0) is 43.4 Å². The number of hydrogen-bond donors (Lipinski definition) is 0. The van der Waals surface area contributed by atoms with Gasteiger partial charge < -0.3 is 4.90 Å². The quantitative estimate of drug-likeness (QED) is 0.719. The number of ketones is 1. The standard InChI is InChI=1S/C18H22N3O2P/c1-11-7-13(3-5-20-11)10-21-6-4-15-12(2)16(22)14(9-19)8-18(15,24)17(21)23/h3,5,8,11-12,15H,4,6-7,10,24H2,1-2H3/t11?,12-,15-,18+/m1/s1. The third-order valence-corrected chi connectivity index (χ3v) is 6.21. The first-order valence-electron chi connectivity index (χ1n) is 8.33. The highest BCUT2D eigenvalue weighted by atomic mass is 31.0. The van der Waals surface area contributed by atoms with Gasteiger partial charge in [-0.15, -0.1) is 9.24 Å². The zero-order valence-electron chi connectivity index (χ0n) is 14.0. The number of dihydropyridines is 1. The normalized spacial score (nSPS) is 35.9. The summed E-state index contributed by atoms with van der Waals surface area (Å²) in [6.45, 7) is 5.14. The molecule has 6 heteroatoms. The molecule has 24 heavy (non-hydrogen) atoms. The van der Waals surface area contributed by atoms with Crippen molar-refractivity contribution in [2.45, 2.75) is 37.9 Å². The number of carbonyl (C=O) groups excluding carboxylic acids is 2. The molecule has 1 saturated heterocycles. The van der Waals surface area contributed by atoms with Crippen molar-refractivity contribution < 1.29 is 9.59 Å². The number of hydrogen-bond acceptors (Lipinski definition) is 4. The van der Waals surface area contributed by atoms with Crippen LogP contribution >= 0.6 is 9.24 Å². The van der Waals surface area contributed by atoms with E-state index in [1.807, 2.05) is 30.2 Å². The maximum Gasteiger partial charge on any atom is 0.237 e. The van der Waals surface area contributed by atoms with Crippen LogP contribution in [0.2, 0.25) is 0 Å². The zero-order valence-corrected chi connectivity index (χ0v) is 15.2. The number of likely N-dealkylation sites (tertiary alicyclic amines) is 1. The monoisotopic (exact) mass is 343 g/mol. The lowest BCUT2D eigenvalue weighted by Crippen LogP contribution is -2.58. The van der Waals surface area contributed by atoms with Gasteiger partial charge in [-0.1, -0.05) is 6.92 Å². The van der Waals surface area contributed by atoms with Crippen molar-refractivity contribution in [1.29, 1.82) is 5.26 Å².